The second-order valence-corrected chi connectivity index (χ2v) is 7.88. The van der Waals surface area contributed by atoms with Crippen molar-refractivity contribution < 1.29 is 33.6 Å². The lowest BCUT2D eigenvalue weighted by atomic mass is 10.0. The molecule has 1 aliphatic rings. The van der Waals surface area contributed by atoms with Gasteiger partial charge in [0.05, 0.1) is 12.2 Å². The molecule has 1 rings (SSSR count). The number of hydrogen-bond donors (Lipinski definition) is 5. The number of nitrogens with zero attached hydrogens (tertiary/aromatic N) is 1. The third-order valence-electron chi connectivity index (χ3n) is 4.77. The van der Waals surface area contributed by atoms with E-state index in [2.05, 4.69) is 21.3 Å². The lowest BCUT2D eigenvalue weighted by Crippen LogP contribution is -2.56. The molecule has 14 heteroatoms. The first-order valence-corrected chi connectivity index (χ1v) is 10.6. The lowest BCUT2D eigenvalue weighted by molar-refractivity contribution is -0.137. The zero-order valence-electron chi connectivity index (χ0n) is 19.1. The van der Waals surface area contributed by atoms with E-state index >= 15 is 0 Å². The minimum Gasteiger partial charge on any atom is -0.352 e. The summed E-state index contributed by atoms with van der Waals surface area (Å²) >= 11 is 0. The van der Waals surface area contributed by atoms with Crippen LogP contribution in [0.3, 0.4) is 0 Å². The van der Waals surface area contributed by atoms with Crippen molar-refractivity contribution in [3.05, 3.63) is 12.2 Å². The van der Waals surface area contributed by atoms with E-state index in [9.17, 15) is 33.6 Å². The van der Waals surface area contributed by atoms with Crippen LogP contribution in [0.25, 0.3) is 0 Å². The molecular weight excluding hydrogens is 447 g/mol. The van der Waals surface area contributed by atoms with Crippen molar-refractivity contribution in [2.75, 3.05) is 19.6 Å². The Morgan fingerprint density at radius 1 is 1.00 bits per heavy atom. The molecule has 2 radical (unpaired) electrons. The molecule has 0 saturated heterocycles. The zero-order valence-corrected chi connectivity index (χ0v) is 19.1. The molecule has 0 saturated carbocycles. The van der Waals surface area contributed by atoms with Crippen molar-refractivity contribution in [2.45, 2.75) is 45.2 Å². The maximum absolute atomic E-state index is 12.9. The van der Waals surface area contributed by atoms with Crippen molar-refractivity contribution in [2.24, 2.45) is 11.7 Å². The Balaban J connectivity index is 2.74. The number of primary amides is 1. The SMILES string of the molecule is [B]C(=O)CNC(=O)[C@H](CCCNC(N)=O)NC(=O)C(NC(=O)CCN1C(=O)C=CC1=O)C(C)C. The fraction of sp³-hybridized carbons (Fsp3) is 0.550. The molecule has 1 aliphatic heterocycles. The van der Waals surface area contributed by atoms with E-state index in [0.717, 1.165) is 17.1 Å². The van der Waals surface area contributed by atoms with Crippen molar-refractivity contribution in [1.82, 2.24) is 26.2 Å². The summed E-state index contributed by atoms with van der Waals surface area (Å²) in [5, 5.41) is 9.75. The Bertz CT molecular complexity index is 842. The van der Waals surface area contributed by atoms with Crippen LogP contribution in [0.4, 0.5) is 4.79 Å². The third kappa shape index (κ3) is 9.84. The fourth-order valence-electron chi connectivity index (χ4n) is 2.99. The largest absolute Gasteiger partial charge is 0.352 e. The van der Waals surface area contributed by atoms with Crippen LogP contribution in [-0.4, -0.2) is 85.7 Å². The molecule has 1 heterocycles. The second kappa shape index (κ2) is 13.8. The maximum atomic E-state index is 12.9. The van der Waals surface area contributed by atoms with E-state index < -0.39 is 59.9 Å². The smallest absolute Gasteiger partial charge is 0.312 e. The van der Waals surface area contributed by atoms with Gasteiger partial charge in [-0.05, 0) is 18.8 Å². The Morgan fingerprint density at radius 3 is 2.15 bits per heavy atom. The van der Waals surface area contributed by atoms with Crippen molar-refractivity contribution in [3.63, 3.8) is 0 Å². The number of carbonyl (C=O) groups is 7. The molecular formula is C20H29BN6O7. The molecule has 1 unspecified atom stereocenters. The Kier molecular flexibility index (Phi) is 11.5. The molecule has 0 aromatic carbocycles. The number of nitrogens with one attached hydrogen (secondary N) is 4. The number of rotatable bonds is 14. The minimum atomic E-state index is -1.08. The van der Waals surface area contributed by atoms with E-state index in [-0.39, 0.29) is 38.3 Å². The highest BCUT2D eigenvalue weighted by Gasteiger charge is 2.29. The molecule has 13 nitrogen and oxygen atoms in total. The number of amides is 7. The van der Waals surface area contributed by atoms with Gasteiger partial charge in [0.15, 0.2) is 7.85 Å². The average molecular weight is 476 g/mol. The Labute approximate surface area is 198 Å². The summed E-state index contributed by atoms with van der Waals surface area (Å²) in [7, 11) is 5.03. The molecule has 0 fully saturated rings. The summed E-state index contributed by atoms with van der Waals surface area (Å²) in [5.74, 6) is -3.30. The fourth-order valence-corrected chi connectivity index (χ4v) is 2.99. The summed E-state index contributed by atoms with van der Waals surface area (Å²) in [6.45, 7) is 2.94. The lowest BCUT2D eigenvalue weighted by Gasteiger charge is -2.25. The quantitative estimate of drug-likeness (QED) is 0.101. The van der Waals surface area contributed by atoms with Gasteiger partial charge >= 0.3 is 6.03 Å². The molecule has 2 atom stereocenters. The van der Waals surface area contributed by atoms with Crippen molar-refractivity contribution in [1.29, 1.82) is 0 Å². The Morgan fingerprint density at radius 2 is 1.62 bits per heavy atom. The molecule has 0 aromatic heterocycles. The van der Waals surface area contributed by atoms with Gasteiger partial charge < -0.3 is 31.8 Å². The zero-order chi connectivity index (χ0) is 25.8. The predicted molar refractivity (Wildman–Crippen MR) is 120 cm³/mol. The summed E-state index contributed by atoms with van der Waals surface area (Å²) in [6.07, 6.45) is 2.38. The van der Waals surface area contributed by atoms with E-state index in [1.54, 1.807) is 13.8 Å². The molecule has 184 valence electrons. The van der Waals surface area contributed by atoms with E-state index in [1.807, 2.05) is 0 Å². The van der Waals surface area contributed by atoms with Gasteiger partial charge in [0.25, 0.3) is 11.8 Å². The van der Waals surface area contributed by atoms with Gasteiger partial charge in [-0.2, -0.15) is 0 Å². The van der Waals surface area contributed by atoms with Crippen molar-refractivity contribution >= 4 is 49.1 Å². The van der Waals surface area contributed by atoms with Crippen LogP contribution in [-0.2, 0) is 28.8 Å². The predicted octanol–water partition coefficient (Wildman–Crippen LogP) is -2.81. The van der Waals surface area contributed by atoms with E-state index in [4.69, 9.17) is 13.6 Å². The van der Waals surface area contributed by atoms with E-state index in [0.29, 0.717) is 0 Å². The van der Waals surface area contributed by atoms with E-state index in [1.165, 1.54) is 0 Å². The number of imide groups is 1. The molecule has 0 aliphatic carbocycles. The molecule has 0 bridgehead atoms. The monoisotopic (exact) mass is 476 g/mol. The van der Waals surface area contributed by atoms with Crippen LogP contribution in [0.2, 0.25) is 0 Å². The highest BCUT2D eigenvalue weighted by molar-refractivity contribution is 6.58. The van der Waals surface area contributed by atoms with Gasteiger partial charge in [0.1, 0.15) is 12.1 Å². The summed E-state index contributed by atoms with van der Waals surface area (Å²) in [6, 6.07) is -2.84. The molecule has 0 spiro atoms. The normalized spacial score (nSPS) is 14.5. The van der Waals surface area contributed by atoms with Crippen LogP contribution < -0.4 is 27.0 Å². The van der Waals surface area contributed by atoms with Crippen LogP contribution in [0.5, 0.6) is 0 Å². The Hall–Kier alpha value is -3.71. The maximum Gasteiger partial charge on any atom is 0.312 e. The topological polar surface area (TPSA) is 197 Å². The molecule has 6 N–H and O–H groups in total. The highest BCUT2D eigenvalue weighted by Crippen LogP contribution is 2.07. The molecule has 7 amide bonds. The number of urea groups is 1. The summed E-state index contributed by atoms with van der Waals surface area (Å²) < 4.78 is 0. The van der Waals surface area contributed by atoms with Crippen LogP contribution in [0, 0.1) is 5.92 Å². The minimum absolute atomic E-state index is 0.0988. The second-order valence-electron chi connectivity index (χ2n) is 7.88. The summed E-state index contributed by atoms with van der Waals surface area (Å²) in [4.78, 5) is 83.5. The van der Waals surface area contributed by atoms with Gasteiger partial charge in [0.2, 0.25) is 17.7 Å². The van der Waals surface area contributed by atoms with Crippen molar-refractivity contribution in [3.8, 4) is 0 Å². The van der Waals surface area contributed by atoms with Gasteiger partial charge in [-0.15, -0.1) is 0 Å². The number of carbonyl (C=O) groups excluding carboxylic acids is 7. The molecule has 34 heavy (non-hydrogen) atoms. The van der Waals surface area contributed by atoms with Gasteiger partial charge in [0, 0.05) is 31.7 Å². The molecule has 0 aromatic rings. The van der Waals surface area contributed by atoms with Gasteiger partial charge in [-0.1, -0.05) is 13.8 Å². The van der Waals surface area contributed by atoms with Gasteiger partial charge in [-0.3, -0.25) is 28.9 Å². The van der Waals surface area contributed by atoms with Crippen LogP contribution in [0.1, 0.15) is 33.1 Å². The summed E-state index contributed by atoms with van der Waals surface area (Å²) in [5.41, 5.74) is 4.22. The van der Waals surface area contributed by atoms with Crippen LogP contribution in [0.15, 0.2) is 12.2 Å². The number of nitrogens with two attached hydrogens (primary N) is 1. The standard InChI is InChI=1S/C20H29BN6O7/c1-11(2)17(26-14(29)7-9-27-15(30)5-6-16(27)31)19(33)25-12(4-3-8-23-20(22)34)18(32)24-10-13(21)28/h5-6,11-12,17H,3-4,7-10H2,1-2H3,(H,24,32)(H,25,33)(H,26,29)(H3,22,23,34)/t12-,17?/m0/s1. The average Bonchev–Trinajstić information content (AvgIpc) is 3.07. The van der Waals surface area contributed by atoms with Crippen LogP contribution >= 0.6 is 0 Å². The number of hydrogen-bond acceptors (Lipinski definition) is 7. The highest BCUT2D eigenvalue weighted by atomic mass is 16.2. The van der Waals surface area contributed by atoms with Gasteiger partial charge in [-0.25, -0.2) is 4.79 Å². The first-order valence-electron chi connectivity index (χ1n) is 10.6. The third-order valence-corrected chi connectivity index (χ3v) is 4.77. The first-order chi connectivity index (χ1) is 15.9. The first kappa shape index (κ1) is 28.3.